The van der Waals surface area contributed by atoms with E-state index in [1.165, 1.54) is 31.5 Å². The number of hydrogen-bond acceptors (Lipinski definition) is 6. The van der Waals surface area contributed by atoms with Crippen molar-refractivity contribution in [2.75, 3.05) is 30.3 Å². The van der Waals surface area contributed by atoms with Gasteiger partial charge in [-0.25, -0.2) is 9.97 Å². The van der Waals surface area contributed by atoms with Crippen LogP contribution in [0.15, 0.2) is 24.3 Å². The molecule has 0 bridgehead atoms. The van der Waals surface area contributed by atoms with E-state index in [1.54, 1.807) is 0 Å². The van der Waals surface area contributed by atoms with Crippen molar-refractivity contribution in [2.45, 2.75) is 25.8 Å². The molecule has 0 atom stereocenters. The first-order chi connectivity index (χ1) is 10.6. The fraction of sp³-hybridized carbons (Fsp3) is 0.375. The third-order valence-corrected chi connectivity index (χ3v) is 4.01. The molecule has 1 aliphatic rings. The lowest BCUT2D eigenvalue weighted by Gasteiger charge is -2.15. The van der Waals surface area contributed by atoms with Gasteiger partial charge in [0.2, 0.25) is 0 Å². The summed E-state index contributed by atoms with van der Waals surface area (Å²) in [7, 11) is 0. The quantitative estimate of drug-likeness (QED) is 0.788. The second kappa shape index (κ2) is 6.19. The summed E-state index contributed by atoms with van der Waals surface area (Å²) in [6.07, 6.45) is 3.21. The van der Waals surface area contributed by atoms with Crippen LogP contribution in [0.25, 0.3) is 0 Å². The van der Waals surface area contributed by atoms with Gasteiger partial charge in [0.15, 0.2) is 11.6 Å². The number of rotatable bonds is 4. The number of hydrogen-bond donors (Lipinski definition) is 3. The minimum atomic E-state index is 0.246. The minimum Gasteiger partial charge on any atom is -0.393 e. The Balaban J connectivity index is 1.75. The fourth-order valence-electron chi connectivity index (χ4n) is 2.85. The van der Waals surface area contributed by atoms with E-state index in [9.17, 15) is 0 Å². The molecule has 3 rings (SSSR count). The maximum Gasteiger partial charge on any atom is 0.152 e. The summed E-state index contributed by atoms with van der Waals surface area (Å²) in [5.74, 6) is 1.09. The van der Waals surface area contributed by atoms with Gasteiger partial charge in [-0.05, 0) is 37.1 Å². The lowest BCUT2D eigenvalue weighted by atomic mass is 10.1. The molecule has 2 heterocycles. The van der Waals surface area contributed by atoms with Crippen LogP contribution in [0.5, 0.6) is 0 Å². The van der Waals surface area contributed by atoms with Crippen molar-refractivity contribution in [1.29, 1.82) is 0 Å². The molecule has 116 valence electrons. The van der Waals surface area contributed by atoms with Crippen molar-refractivity contribution in [3.05, 3.63) is 41.2 Å². The van der Waals surface area contributed by atoms with Gasteiger partial charge in [0.05, 0.1) is 0 Å². The molecule has 0 amide bonds. The van der Waals surface area contributed by atoms with Gasteiger partial charge in [-0.2, -0.15) is 0 Å². The van der Waals surface area contributed by atoms with E-state index >= 15 is 0 Å². The van der Waals surface area contributed by atoms with E-state index in [0.29, 0.717) is 12.2 Å². The van der Waals surface area contributed by atoms with Crippen molar-refractivity contribution in [2.24, 2.45) is 0 Å². The van der Waals surface area contributed by atoms with Crippen LogP contribution in [0.4, 0.5) is 17.3 Å². The highest BCUT2D eigenvalue weighted by Gasteiger charge is 2.12. The largest absolute Gasteiger partial charge is 0.393 e. The Morgan fingerprint density at radius 2 is 1.59 bits per heavy atom. The zero-order chi connectivity index (χ0) is 15.5. The Labute approximate surface area is 130 Å². The molecule has 0 spiro atoms. The lowest BCUT2D eigenvalue weighted by molar-refractivity contribution is 0.331. The highest BCUT2D eigenvalue weighted by molar-refractivity contribution is 5.70. The summed E-state index contributed by atoms with van der Waals surface area (Å²) >= 11 is 0. The van der Waals surface area contributed by atoms with E-state index < -0.39 is 0 Å². The summed E-state index contributed by atoms with van der Waals surface area (Å²) in [6, 6.07) is 8.50. The molecule has 0 radical (unpaired) electrons. The number of nitrogens with two attached hydrogens (primary N) is 3. The van der Waals surface area contributed by atoms with Crippen molar-refractivity contribution in [3.8, 4) is 0 Å². The summed E-state index contributed by atoms with van der Waals surface area (Å²) in [6.45, 7) is 3.39. The number of likely N-dealkylation sites (tertiary alicyclic amines) is 1. The smallest absolute Gasteiger partial charge is 0.152 e. The highest BCUT2D eigenvalue weighted by atomic mass is 15.1. The molecule has 1 aromatic heterocycles. The molecule has 0 saturated carbocycles. The molecular formula is C16H22N6. The molecular weight excluding hydrogens is 276 g/mol. The first-order valence-electron chi connectivity index (χ1n) is 7.59. The molecule has 1 aliphatic heterocycles. The van der Waals surface area contributed by atoms with E-state index in [-0.39, 0.29) is 17.3 Å². The van der Waals surface area contributed by atoms with Gasteiger partial charge in [0, 0.05) is 13.0 Å². The zero-order valence-corrected chi connectivity index (χ0v) is 12.6. The molecule has 2 aromatic rings. The van der Waals surface area contributed by atoms with Crippen LogP contribution in [0.2, 0.25) is 0 Å². The average Bonchev–Trinajstić information content (AvgIpc) is 2.98. The van der Waals surface area contributed by atoms with Crippen molar-refractivity contribution >= 4 is 17.3 Å². The highest BCUT2D eigenvalue weighted by Crippen LogP contribution is 2.20. The van der Waals surface area contributed by atoms with Crippen LogP contribution in [0.1, 0.15) is 29.8 Å². The normalized spacial score (nSPS) is 15.3. The first kappa shape index (κ1) is 14.6. The Morgan fingerprint density at radius 3 is 2.27 bits per heavy atom. The number of nitrogen functional groups attached to an aromatic ring is 3. The predicted molar refractivity (Wildman–Crippen MR) is 89.0 cm³/mol. The zero-order valence-electron chi connectivity index (χ0n) is 12.6. The second-order valence-electron chi connectivity index (χ2n) is 5.80. The van der Waals surface area contributed by atoms with Gasteiger partial charge in [-0.3, -0.25) is 4.90 Å². The summed E-state index contributed by atoms with van der Waals surface area (Å²) in [5.41, 5.74) is 19.9. The second-order valence-corrected chi connectivity index (χ2v) is 5.80. The number of aromatic nitrogens is 2. The molecule has 0 aliphatic carbocycles. The van der Waals surface area contributed by atoms with Gasteiger partial charge in [0.1, 0.15) is 11.5 Å². The maximum atomic E-state index is 5.75. The lowest BCUT2D eigenvalue weighted by Crippen LogP contribution is -2.18. The Hall–Kier alpha value is -2.34. The van der Waals surface area contributed by atoms with E-state index in [1.807, 2.05) is 0 Å². The van der Waals surface area contributed by atoms with Gasteiger partial charge >= 0.3 is 0 Å². The molecule has 6 nitrogen and oxygen atoms in total. The molecule has 6 N–H and O–H groups in total. The standard InChI is InChI=1S/C16H22N6/c17-14-15(18)20-13(21-16(14)19)9-11-4-3-5-12(8-11)10-22-6-1-2-7-22/h3-5,8H,1-2,6-7,9-10,17H2,(H4,18,19,20,21). The summed E-state index contributed by atoms with van der Waals surface area (Å²) in [5, 5.41) is 0. The SMILES string of the molecule is Nc1nc(Cc2cccc(CN3CCCC3)c2)nc(N)c1N. The Bertz CT molecular complexity index is 640. The van der Waals surface area contributed by atoms with Crippen LogP contribution < -0.4 is 17.2 Å². The van der Waals surface area contributed by atoms with Crippen LogP contribution in [0.3, 0.4) is 0 Å². The molecule has 6 heteroatoms. The third kappa shape index (κ3) is 3.28. The topological polar surface area (TPSA) is 107 Å². The van der Waals surface area contributed by atoms with Crippen LogP contribution in [-0.2, 0) is 13.0 Å². The fourth-order valence-corrected chi connectivity index (χ4v) is 2.85. The third-order valence-electron chi connectivity index (χ3n) is 4.01. The van der Waals surface area contributed by atoms with Crippen molar-refractivity contribution in [3.63, 3.8) is 0 Å². The van der Waals surface area contributed by atoms with Gasteiger partial charge in [0.25, 0.3) is 0 Å². The van der Waals surface area contributed by atoms with Crippen molar-refractivity contribution in [1.82, 2.24) is 14.9 Å². The summed E-state index contributed by atoms with van der Waals surface area (Å²) in [4.78, 5) is 10.9. The van der Waals surface area contributed by atoms with Gasteiger partial charge in [-0.1, -0.05) is 24.3 Å². The number of nitrogens with zero attached hydrogens (tertiary/aromatic N) is 3. The van der Waals surface area contributed by atoms with Crippen LogP contribution >= 0.6 is 0 Å². The van der Waals surface area contributed by atoms with Gasteiger partial charge < -0.3 is 17.2 Å². The van der Waals surface area contributed by atoms with Crippen molar-refractivity contribution < 1.29 is 0 Å². The molecule has 1 saturated heterocycles. The predicted octanol–water partition coefficient (Wildman–Crippen LogP) is 1.41. The molecule has 0 unspecified atom stereocenters. The summed E-state index contributed by atoms with van der Waals surface area (Å²) < 4.78 is 0. The van der Waals surface area contributed by atoms with E-state index in [2.05, 4.69) is 39.1 Å². The number of benzene rings is 1. The maximum absolute atomic E-state index is 5.75. The van der Waals surface area contributed by atoms with Crippen LogP contribution in [0, 0.1) is 0 Å². The molecule has 1 fully saturated rings. The number of anilines is 3. The van der Waals surface area contributed by atoms with Gasteiger partial charge in [-0.15, -0.1) is 0 Å². The molecule has 1 aromatic carbocycles. The molecule has 22 heavy (non-hydrogen) atoms. The monoisotopic (exact) mass is 298 g/mol. The van der Waals surface area contributed by atoms with E-state index in [4.69, 9.17) is 17.2 Å². The van der Waals surface area contributed by atoms with Crippen LogP contribution in [-0.4, -0.2) is 28.0 Å². The van der Waals surface area contributed by atoms with E-state index in [0.717, 1.165) is 12.1 Å². The minimum absolute atomic E-state index is 0.246. The Kier molecular flexibility index (Phi) is 4.11. The Morgan fingerprint density at radius 1 is 0.955 bits per heavy atom. The average molecular weight is 298 g/mol. The first-order valence-corrected chi connectivity index (χ1v) is 7.59.